The highest BCUT2D eigenvalue weighted by Gasteiger charge is 2.48. The minimum absolute atomic E-state index is 0.243. The molecule has 8 rings (SSSR count). The molecular weight excluding hydrogens is 530 g/mol. The van der Waals surface area contributed by atoms with Crippen molar-refractivity contribution in [3.8, 4) is 23.3 Å². The van der Waals surface area contributed by atoms with Gasteiger partial charge in [-0.2, -0.15) is 15.6 Å². The van der Waals surface area contributed by atoms with E-state index in [4.69, 9.17) is 4.98 Å². The maximum atomic E-state index is 9.92. The molecule has 2 bridgehead atoms. The first-order valence-corrected chi connectivity index (χ1v) is 15.5. The normalized spacial score (nSPS) is 21.9. The van der Waals surface area contributed by atoms with Gasteiger partial charge in [0.2, 0.25) is 0 Å². The highest BCUT2D eigenvalue weighted by molar-refractivity contribution is 6.40. The molecule has 0 radical (unpaired) electrons. The Morgan fingerprint density at radius 1 is 1.00 bits per heavy atom. The predicted octanol–water partition coefficient (Wildman–Crippen LogP) is 3.31. The summed E-state index contributed by atoms with van der Waals surface area (Å²) < 4.78 is 1.82. The SMILES string of the molecule is BC1(B)CC(C#N)(CCc2cc(-c3ccc(N4CC5CC(C4)N5Cc4ccc(CC)nc4)nc3)c3c(C#N)cnn3c2)C1. The maximum absolute atomic E-state index is 9.92. The Kier molecular flexibility index (Phi) is 6.78. The molecule has 0 amide bonds. The van der Waals surface area contributed by atoms with Gasteiger partial charge in [-0.05, 0) is 73.9 Å². The number of rotatable bonds is 8. The number of pyridine rings is 3. The second kappa shape index (κ2) is 10.5. The Morgan fingerprint density at radius 3 is 2.44 bits per heavy atom. The van der Waals surface area contributed by atoms with E-state index in [0.717, 1.165) is 85.5 Å². The van der Waals surface area contributed by atoms with Crippen LogP contribution in [0.15, 0.2) is 55.1 Å². The zero-order valence-corrected chi connectivity index (χ0v) is 25.3. The van der Waals surface area contributed by atoms with Crippen LogP contribution in [0.25, 0.3) is 16.6 Å². The van der Waals surface area contributed by atoms with Crippen LogP contribution in [0.3, 0.4) is 0 Å². The summed E-state index contributed by atoms with van der Waals surface area (Å²) in [7, 11) is 4.48. The number of aryl methyl sites for hydroxylation is 2. The van der Waals surface area contributed by atoms with Gasteiger partial charge in [0.05, 0.1) is 44.5 Å². The molecule has 4 aromatic heterocycles. The van der Waals surface area contributed by atoms with Gasteiger partial charge in [-0.3, -0.25) is 9.88 Å². The summed E-state index contributed by atoms with van der Waals surface area (Å²) in [6.45, 7) is 5.04. The van der Waals surface area contributed by atoms with E-state index < -0.39 is 0 Å². The van der Waals surface area contributed by atoms with Gasteiger partial charge in [0.15, 0.2) is 0 Å². The van der Waals surface area contributed by atoms with E-state index in [0.29, 0.717) is 17.6 Å². The van der Waals surface area contributed by atoms with Crippen LogP contribution < -0.4 is 4.90 Å². The van der Waals surface area contributed by atoms with Gasteiger partial charge in [-0.1, -0.05) is 18.2 Å². The van der Waals surface area contributed by atoms with Gasteiger partial charge in [0.25, 0.3) is 0 Å². The van der Waals surface area contributed by atoms with Crippen molar-refractivity contribution >= 4 is 27.0 Å². The first-order valence-electron chi connectivity index (χ1n) is 15.5. The third-order valence-electron chi connectivity index (χ3n) is 9.89. The molecule has 10 heteroatoms. The van der Waals surface area contributed by atoms with Crippen molar-refractivity contribution in [2.75, 3.05) is 18.0 Å². The lowest BCUT2D eigenvalue weighted by atomic mass is 9.36. The fourth-order valence-corrected chi connectivity index (χ4v) is 7.92. The first kappa shape index (κ1) is 27.7. The van der Waals surface area contributed by atoms with E-state index in [1.165, 1.54) is 12.0 Å². The smallest absolute Gasteiger partial charge is 0.128 e. The number of piperidine rings is 1. The van der Waals surface area contributed by atoms with Gasteiger partial charge < -0.3 is 4.90 Å². The minimum Gasteiger partial charge on any atom is -0.353 e. The quantitative estimate of drug-likeness (QED) is 0.302. The lowest BCUT2D eigenvalue weighted by molar-refractivity contribution is -0.00875. The van der Waals surface area contributed by atoms with Crippen LogP contribution >= 0.6 is 0 Å². The van der Waals surface area contributed by atoms with Crippen LogP contribution in [0, 0.1) is 28.1 Å². The van der Waals surface area contributed by atoms with Crippen LogP contribution in [0.1, 0.15) is 55.0 Å². The summed E-state index contributed by atoms with van der Waals surface area (Å²) in [6.07, 6.45) is 13.3. The van der Waals surface area contributed by atoms with Crippen molar-refractivity contribution in [2.45, 2.75) is 69.3 Å². The van der Waals surface area contributed by atoms with Crippen molar-refractivity contribution in [3.63, 3.8) is 0 Å². The molecule has 4 fully saturated rings. The lowest BCUT2D eigenvalue weighted by Gasteiger charge is -2.56. The molecule has 0 aromatic carbocycles. The van der Waals surface area contributed by atoms with E-state index >= 15 is 0 Å². The average molecular weight is 566 g/mol. The molecule has 0 N–H and O–H groups in total. The highest BCUT2D eigenvalue weighted by Crippen LogP contribution is 2.57. The van der Waals surface area contributed by atoms with Crippen molar-refractivity contribution in [2.24, 2.45) is 5.41 Å². The molecule has 0 spiro atoms. The summed E-state index contributed by atoms with van der Waals surface area (Å²) in [4.78, 5) is 14.5. The van der Waals surface area contributed by atoms with Crippen LogP contribution in [0.5, 0.6) is 0 Å². The molecule has 2 unspecified atom stereocenters. The molecule has 7 heterocycles. The Bertz CT molecular complexity index is 1730. The largest absolute Gasteiger partial charge is 0.353 e. The molecule has 1 aliphatic carbocycles. The summed E-state index contributed by atoms with van der Waals surface area (Å²) in [6, 6.07) is 16.8. The topological polar surface area (TPSA) is 97.1 Å². The van der Waals surface area contributed by atoms with E-state index in [1.807, 2.05) is 23.1 Å². The number of nitriles is 2. The fraction of sp³-hybridized carbons (Fsp3) is 0.424. The maximum Gasteiger partial charge on any atom is 0.128 e. The number of hydrogen-bond acceptors (Lipinski definition) is 7. The van der Waals surface area contributed by atoms with Gasteiger partial charge in [-0.15, -0.1) is 0 Å². The predicted molar refractivity (Wildman–Crippen MR) is 172 cm³/mol. The Labute approximate surface area is 255 Å². The average Bonchev–Trinajstić information content (AvgIpc) is 3.44. The first-order chi connectivity index (χ1) is 20.8. The van der Waals surface area contributed by atoms with E-state index in [9.17, 15) is 10.5 Å². The second-order valence-corrected chi connectivity index (χ2v) is 13.7. The van der Waals surface area contributed by atoms with Crippen LogP contribution in [0.2, 0.25) is 5.21 Å². The number of piperazine rings is 1. The van der Waals surface area contributed by atoms with Gasteiger partial charge in [-0.25, -0.2) is 9.50 Å². The number of nitrogens with zero attached hydrogens (tertiary/aromatic N) is 8. The minimum atomic E-state index is -0.245. The van der Waals surface area contributed by atoms with E-state index in [-0.39, 0.29) is 10.6 Å². The zero-order valence-electron chi connectivity index (χ0n) is 25.3. The number of aromatic nitrogens is 4. The van der Waals surface area contributed by atoms with Crippen molar-refractivity contribution in [1.29, 1.82) is 10.5 Å². The van der Waals surface area contributed by atoms with E-state index in [2.05, 4.69) is 85.0 Å². The molecule has 43 heavy (non-hydrogen) atoms. The number of fused-ring (bicyclic) bond motifs is 3. The van der Waals surface area contributed by atoms with Gasteiger partial charge in [0.1, 0.15) is 11.9 Å². The van der Waals surface area contributed by atoms with Crippen molar-refractivity contribution < 1.29 is 0 Å². The molecule has 8 nitrogen and oxygen atoms in total. The van der Waals surface area contributed by atoms with Crippen molar-refractivity contribution in [1.82, 2.24) is 24.5 Å². The van der Waals surface area contributed by atoms with E-state index in [1.54, 1.807) is 6.20 Å². The molecule has 1 saturated carbocycles. The van der Waals surface area contributed by atoms with Gasteiger partial charge >= 0.3 is 0 Å². The summed E-state index contributed by atoms with van der Waals surface area (Å²) in [5.74, 6) is 0.997. The number of anilines is 1. The Balaban J connectivity index is 1.08. The van der Waals surface area contributed by atoms with Gasteiger partial charge in [0, 0.05) is 67.1 Å². The third kappa shape index (κ3) is 5.08. The molecule has 3 aliphatic heterocycles. The van der Waals surface area contributed by atoms with Crippen LogP contribution in [-0.2, 0) is 19.4 Å². The molecule has 4 aliphatic rings. The summed E-state index contributed by atoms with van der Waals surface area (Å²) in [5.41, 5.74) is 6.59. The molecule has 214 valence electrons. The fourth-order valence-electron chi connectivity index (χ4n) is 7.92. The zero-order chi connectivity index (χ0) is 29.8. The highest BCUT2D eigenvalue weighted by atomic mass is 15.4. The molecule has 4 aromatic rings. The third-order valence-corrected chi connectivity index (χ3v) is 9.89. The van der Waals surface area contributed by atoms with Crippen LogP contribution in [-0.4, -0.2) is 65.3 Å². The number of hydrogen-bond donors (Lipinski definition) is 0. The standard InChI is InChI=1S/C33H36B2N8/c1-2-26-5-3-23(12-38-26)15-42-27-10-28(42)18-41(17-27)30-6-4-24(13-39-30)29-9-22(16-43-31(29)25(11-36)14-40-43)7-8-32(21-37)19-33(34,35)20-32/h3-6,9,12-14,16,27-28H,2,7-8,10,15,17-20,34-35H2,1H3. The van der Waals surface area contributed by atoms with Crippen molar-refractivity contribution in [3.05, 3.63) is 77.5 Å². The monoisotopic (exact) mass is 566 g/mol. The van der Waals surface area contributed by atoms with Crippen LogP contribution in [0.4, 0.5) is 5.82 Å². The summed E-state index contributed by atoms with van der Waals surface area (Å²) in [5, 5.41) is 24.5. The molecular formula is C33H36B2N8. The summed E-state index contributed by atoms with van der Waals surface area (Å²) >= 11 is 0. The molecule has 2 atom stereocenters. The Morgan fingerprint density at radius 2 is 1.81 bits per heavy atom. The lowest BCUT2D eigenvalue weighted by Crippen LogP contribution is -2.68. The Hall–Kier alpha value is -4.14. The second-order valence-electron chi connectivity index (χ2n) is 13.7. The molecule has 3 saturated heterocycles.